The molecule has 18 heavy (non-hydrogen) atoms. The van der Waals surface area contributed by atoms with Crippen molar-refractivity contribution in [1.29, 1.82) is 0 Å². The summed E-state index contributed by atoms with van der Waals surface area (Å²) in [6.45, 7) is 1.86. The summed E-state index contributed by atoms with van der Waals surface area (Å²) >= 11 is 7.31. The zero-order valence-corrected chi connectivity index (χ0v) is 11.3. The van der Waals surface area contributed by atoms with Gasteiger partial charge in [-0.05, 0) is 24.6 Å². The number of nitrogen functional groups attached to an aromatic ring is 1. The van der Waals surface area contributed by atoms with Gasteiger partial charge in [-0.25, -0.2) is 4.98 Å². The van der Waals surface area contributed by atoms with Crippen LogP contribution in [0.1, 0.15) is 11.3 Å². The summed E-state index contributed by atoms with van der Waals surface area (Å²) in [5, 5.41) is 5.69. The van der Waals surface area contributed by atoms with Crippen molar-refractivity contribution in [2.45, 2.75) is 13.3 Å². The highest BCUT2D eigenvalue weighted by Gasteiger charge is 2.09. The quantitative estimate of drug-likeness (QED) is 0.909. The summed E-state index contributed by atoms with van der Waals surface area (Å²) in [4.78, 5) is 15.9. The monoisotopic (exact) mass is 281 g/mol. The number of thiazole rings is 1. The molecule has 0 radical (unpaired) electrons. The zero-order valence-electron chi connectivity index (χ0n) is 9.74. The van der Waals surface area contributed by atoms with Gasteiger partial charge in [-0.15, -0.1) is 11.3 Å². The smallest absolute Gasteiger partial charge is 0.230 e. The van der Waals surface area contributed by atoms with Crippen LogP contribution in [0.3, 0.4) is 0 Å². The summed E-state index contributed by atoms with van der Waals surface area (Å²) < 4.78 is 0. The highest BCUT2D eigenvalue weighted by molar-refractivity contribution is 7.13. The van der Waals surface area contributed by atoms with E-state index in [0.717, 1.165) is 11.3 Å². The van der Waals surface area contributed by atoms with Gasteiger partial charge in [0.2, 0.25) is 5.91 Å². The molecule has 0 aliphatic rings. The second kappa shape index (κ2) is 5.37. The van der Waals surface area contributed by atoms with E-state index in [1.165, 1.54) is 11.3 Å². The number of amides is 1. The molecule has 4 nitrogen and oxygen atoms in total. The van der Waals surface area contributed by atoms with Crippen LogP contribution >= 0.6 is 22.9 Å². The number of halogens is 1. The predicted molar refractivity (Wildman–Crippen MR) is 75.0 cm³/mol. The van der Waals surface area contributed by atoms with Crippen LogP contribution in [0.25, 0.3) is 0 Å². The van der Waals surface area contributed by atoms with Crippen molar-refractivity contribution in [3.05, 3.63) is 39.9 Å². The molecule has 0 fully saturated rings. The van der Waals surface area contributed by atoms with Gasteiger partial charge in [0.05, 0.1) is 12.1 Å². The molecule has 0 atom stereocenters. The SMILES string of the molecule is Cc1c(Cl)cccc1NC(=O)Cc1csc(N)n1. The Labute approximate surface area is 114 Å². The lowest BCUT2D eigenvalue weighted by molar-refractivity contribution is -0.115. The van der Waals surface area contributed by atoms with Crippen LogP contribution in [-0.2, 0) is 11.2 Å². The van der Waals surface area contributed by atoms with Crippen molar-refractivity contribution in [1.82, 2.24) is 4.98 Å². The van der Waals surface area contributed by atoms with Gasteiger partial charge >= 0.3 is 0 Å². The van der Waals surface area contributed by atoms with E-state index in [0.29, 0.717) is 15.8 Å². The highest BCUT2D eigenvalue weighted by atomic mass is 35.5. The normalized spacial score (nSPS) is 10.3. The zero-order chi connectivity index (χ0) is 13.1. The Bertz CT molecular complexity index is 582. The van der Waals surface area contributed by atoms with E-state index in [-0.39, 0.29) is 12.3 Å². The lowest BCUT2D eigenvalue weighted by atomic mass is 10.2. The van der Waals surface area contributed by atoms with Crippen molar-refractivity contribution in [2.75, 3.05) is 11.1 Å². The van der Waals surface area contributed by atoms with Gasteiger partial charge in [0.25, 0.3) is 0 Å². The molecule has 3 N–H and O–H groups in total. The van der Waals surface area contributed by atoms with E-state index < -0.39 is 0 Å². The van der Waals surface area contributed by atoms with E-state index in [1.807, 2.05) is 13.0 Å². The van der Waals surface area contributed by atoms with E-state index in [2.05, 4.69) is 10.3 Å². The Morgan fingerprint density at radius 1 is 1.56 bits per heavy atom. The number of nitrogens with two attached hydrogens (primary N) is 1. The van der Waals surface area contributed by atoms with Gasteiger partial charge in [-0.1, -0.05) is 17.7 Å². The first-order valence-electron chi connectivity index (χ1n) is 5.31. The molecule has 1 heterocycles. The van der Waals surface area contributed by atoms with Crippen molar-refractivity contribution in [2.24, 2.45) is 0 Å². The minimum absolute atomic E-state index is 0.134. The number of hydrogen-bond acceptors (Lipinski definition) is 4. The van der Waals surface area contributed by atoms with Crippen LogP contribution in [0.2, 0.25) is 5.02 Å². The van der Waals surface area contributed by atoms with E-state index in [4.69, 9.17) is 17.3 Å². The van der Waals surface area contributed by atoms with E-state index >= 15 is 0 Å². The van der Waals surface area contributed by atoms with Crippen molar-refractivity contribution in [3.63, 3.8) is 0 Å². The largest absolute Gasteiger partial charge is 0.375 e. The molecular weight excluding hydrogens is 270 g/mol. The molecule has 0 saturated heterocycles. The number of aromatic nitrogens is 1. The summed E-state index contributed by atoms with van der Waals surface area (Å²) in [6, 6.07) is 5.40. The molecule has 0 saturated carbocycles. The number of carbonyl (C=O) groups excluding carboxylic acids is 1. The van der Waals surface area contributed by atoms with Gasteiger partial charge < -0.3 is 11.1 Å². The maximum atomic E-state index is 11.8. The lowest BCUT2D eigenvalue weighted by Crippen LogP contribution is -2.15. The molecule has 6 heteroatoms. The Hall–Kier alpha value is -1.59. The van der Waals surface area contributed by atoms with Gasteiger partial charge in [0, 0.05) is 16.1 Å². The van der Waals surface area contributed by atoms with Crippen LogP contribution in [-0.4, -0.2) is 10.9 Å². The minimum atomic E-state index is -0.134. The maximum absolute atomic E-state index is 11.8. The fraction of sp³-hybridized carbons (Fsp3) is 0.167. The number of nitrogens with one attached hydrogen (secondary N) is 1. The predicted octanol–water partition coefficient (Wildman–Crippen LogP) is 2.87. The first-order chi connectivity index (χ1) is 8.56. The number of nitrogens with zero attached hydrogens (tertiary/aromatic N) is 1. The Balaban J connectivity index is 2.05. The number of anilines is 2. The second-order valence-electron chi connectivity index (χ2n) is 3.81. The fourth-order valence-corrected chi connectivity index (χ4v) is 2.24. The molecule has 94 valence electrons. The third-order valence-electron chi connectivity index (χ3n) is 2.45. The molecule has 0 unspecified atom stereocenters. The number of rotatable bonds is 3. The molecule has 0 aliphatic heterocycles. The lowest BCUT2D eigenvalue weighted by Gasteiger charge is -2.08. The van der Waals surface area contributed by atoms with E-state index in [9.17, 15) is 4.79 Å². The standard InChI is InChI=1S/C12H12ClN3OS/c1-7-9(13)3-2-4-10(7)16-11(17)5-8-6-18-12(14)15-8/h2-4,6H,5H2,1H3,(H2,14,15)(H,16,17). The van der Waals surface area contributed by atoms with Crippen molar-refractivity contribution < 1.29 is 4.79 Å². The minimum Gasteiger partial charge on any atom is -0.375 e. The average Bonchev–Trinajstić information content (AvgIpc) is 2.70. The van der Waals surface area contributed by atoms with Gasteiger partial charge in [0.1, 0.15) is 0 Å². The number of hydrogen-bond donors (Lipinski definition) is 2. The number of benzene rings is 1. The van der Waals surface area contributed by atoms with E-state index in [1.54, 1.807) is 17.5 Å². The number of carbonyl (C=O) groups is 1. The van der Waals surface area contributed by atoms with Crippen LogP contribution in [0.5, 0.6) is 0 Å². The first kappa shape index (κ1) is 12.9. The molecule has 0 spiro atoms. The average molecular weight is 282 g/mol. The van der Waals surface area contributed by atoms with Crippen molar-refractivity contribution in [3.8, 4) is 0 Å². The van der Waals surface area contributed by atoms with Crippen molar-refractivity contribution >= 4 is 39.7 Å². The molecule has 0 aliphatic carbocycles. The summed E-state index contributed by atoms with van der Waals surface area (Å²) in [5.41, 5.74) is 7.76. The van der Waals surface area contributed by atoms with Crippen LogP contribution in [0.15, 0.2) is 23.6 Å². The highest BCUT2D eigenvalue weighted by Crippen LogP contribution is 2.23. The molecule has 1 aromatic carbocycles. The van der Waals surface area contributed by atoms with Gasteiger partial charge in [-0.3, -0.25) is 4.79 Å². The molecule has 2 rings (SSSR count). The maximum Gasteiger partial charge on any atom is 0.230 e. The molecule has 1 amide bonds. The third-order valence-corrected chi connectivity index (χ3v) is 3.59. The Morgan fingerprint density at radius 2 is 2.33 bits per heavy atom. The fourth-order valence-electron chi connectivity index (χ4n) is 1.51. The van der Waals surface area contributed by atoms with Crippen LogP contribution in [0, 0.1) is 6.92 Å². The molecular formula is C12H12ClN3OS. The first-order valence-corrected chi connectivity index (χ1v) is 6.57. The third kappa shape index (κ3) is 3.00. The molecule has 0 bridgehead atoms. The summed E-state index contributed by atoms with van der Waals surface area (Å²) in [6.07, 6.45) is 0.208. The van der Waals surface area contributed by atoms with Crippen LogP contribution in [0.4, 0.5) is 10.8 Å². The second-order valence-corrected chi connectivity index (χ2v) is 5.11. The van der Waals surface area contributed by atoms with Crippen LogP contribution < -0.4 is 11.1 Å². The summed E-state index contributed by atoms with van der Waals surface area (Å²) in [7, 11) is 0. The van der Waals surface area contributed by atoms with Gasteiger partial charge in [0.15, 0.2) is 5.13 Å². The Kier molecular flexibility index (Phi) is 3.84. The van der Waals surface area contributed by atoms with Gasteiger partial charge in [-0.2, -0.15) is 0 Å². The molecule has 1 aromatic heterocycles. The topological polar surface area (TPSA) is 68.0 Å². The Morgan fingerprint density at radius 3 is 3.00 bits per heavy atom. The summed E-state index contributed by atoms with van der Waals surface area (Å²) in [5.74, 6) is -0.134. The molecule has 2 aromatic rings.